The molecule has 3 atom stereocenters. The molecule has 0 radical (unpaired) electrons. The van der Waals surface area contributed by atoms with Gasteiger partial charge in [-0.2, -0.15) is 4.31 Å². The van der Waals surface area contributed by atoms with Crippen LogP contribution in [0.1, 0.15) is 63.2 Å². The van der Waals surface area contributed by atoms with Crippen LogP contribution in [0.2, 0.25) is 0 Å². The van der Waals surface area contributed by atoms with E-state index in [1.807, 2.05) is 0 Å². The molecule has 5 nitrogen and oxygen atoms in total. The number of halogens is 1. The van der Waals surface area contributed by atoms with Crippen LogP contribution in [0.5, 0.6) is 0 Å². The molecule has 28 heavy (non-hydrogen) atoms. The minimum atomic E-state index is -3.59. The van der Waals surface area contributed by atoms with Gasteiger partial charge in [0.15, 0.2) is 0 Å². The number of sulfonamides is 1. The molecule has 0 spiro atoms. The minimum absolute atomic E-state index is 0.0580. The van der Waals surface area contributed by atoms with Crippen LogP contribution in [0.4, 0.5) is 0 Å². The Labute approximate surface area is 176 Å². The second kappa shape index (κ2) is 6.81. The van der Waals surface area contributed by atoms with Gasteiger partial charge in [-0.3, -0.25) is 4.79 Å². The van der Waals surface area contributed by atoms with Gasteiger partial charge in [0.2, 0.25) is 10.0 Å². The van der Waals surface area contributed by atoms with Gasteiger partial charge in [0.05, 0.1) is 4.90 Å². The lowest BCUT2D eigenvalue weighted by Gasteiger charge is -2.43. The first-order chi connectivity index (χ1) is 13.1. The lowest BCUT2D eigenvalue weighted by Crippen LogP contribution is -2.52. The van der Waals surface area contributed by atoms with Crippen LogP contribution in [0.15, 0.2) is 27.6 Å². The maximum absolute atomic E-state index is 13.1. The van der Waals surface area contributed by atoms with E-state index < -0.39 is 10.0 Å². The van der Waals surface area contributed by atoms with Gasteiger partial charge in [-0.05, 0) is 83.0 Å². The molecule has 1 saturated heterocycles. The maximum atomic E-state index is 13.1. The average Bonchev–Trinajstić information content (AvgIpc) is 3.33. The van der Waals surface area contributed by atoms with Gasteiger partial charge in [0.1, 0.15) is 0 Å². The van der Waals surface area contributed by atoms with E-state index in [1.165, 1.54) is 16.8 Å². The van der Waals surface area contributed by atoms with Crippen molar-refractivity contribution in [1.29, 1.82) is 0 Å². The quantitative estimate of drug-likeness (QED) is 0.720. The fraction of sp³-hybridized carbons (Fsp3) is 0.667. The Morgan fingerprint density at radius 2 is 1.89 bits per heavy atom. The van der Waals surface area contributed by atoms with E-state index >= 15 is 0 Å². The van der Waals surface area contributed by atoms with E-state index in [1.54, 1.807) is 12.1 Å². The number of carbonyl (C=O) groups is 1. The highest BCUT2D eigenvalue weighted by Crippen LogP contribution is 2.62. The molecule has 0 aromatic heterocycles. The molecule has 1 aromatic rings. The number of fused-ring (bicyclic) bond motifs is 2. The summed E-state index contributed by atoms with van der Waals surface area (Å²) in [6, 6.07) is 5.00. The van der Waals surface area contributed by atoms with E-state index in [0.717, 1.165) is 25.7 Å². The molecule has 7 heteroatoms. The smallest absolute Gasteiger partial charge is 0.251 e. The summed E-state index contributed by atoms with van der Waals surface area (Å²) in [4.78, 5) is 13.3. The van der Waals surface area contributed by atoms with Crippen LogP contribution < -0.4 is 5.32 Å². The molecular formula is C21H29BrN2O3S. The van der Waals surface area contributed by atoms with Crippen LogP contribution in [-0.4, -0.2) is 37.8 Å². The van der Waals surface area contributed by atoms with Gasteiger partial charge >= 0.3 is 0 Å². The maximum Gasteiger partial charge on any atom is 0.251 e. The number of hydrogen-bond acceptors (Lipinski definition) is 3. The Morgan fingerprint density at radius 3 is 2.50 bits per heavy atom. The molecule has 1 heterocycles. The lowest BCUT2D eigenvalue weighted by atomic mass is 9.68. The highest BCUT2D eigenvalue weighted by atomic mass is 79.9. The molecule has 3 aliphatic rings. The average molecular weight is 469 g/mol. The lowest BCUT2D eigenvalue weighted by molar-refractivity contribution is 0.0737. The van der Waals surface area contributed by atoms with Crippen molar-refractivity contribution < 1.29 is 13.2 Å². The van der Waals surface area contributed by atoms with Crippen LogP contribution >= 0.6 is 15.9 Å². The van der Waals surface area contributed by atoms with E-state index in [9.17, 15) is 13.2 Å². The van der Waals surface area contributed by atoms with Crippen molar-refractivity contribution >= 4 is 31.9 Å². The third kappa shape index (κ3) is 3.14. The zero-order chi connectivity index (χ0) is 20.3. The van der Waals surface area contributed by atoms with Gasteiger partial charge in [-0.15, -0.1) is 0 Å². The first-order valence-electron chi connectivity index (χ1n) is 10.2. The molecule has 2 unspecified atom stereocenters. The molecule has 1 aromatic carbocycles. The summed E-state index contributed by atoms with van der Waals surface area (Å²) in [5, 5.41) is 3.26. The van der Waals surface area contributed by atoms with Crippen LogP contribution in [0.25, 0.3) is 0 Å². The van der Waals surface area contributed by atoms with Crippen LogP contribution in [0, 0.1) is 16.7 Å². The van der Waals surface area contributed by atoms with Gasteiger partial charge in [0.25, 0.3) is 5.91 Å². The van der Waals surface area contributed by atoms with Crippen molar-refractivity contribution in [1.82, 2.24) is 9.62 Å². The predicted octanol–water partition coefficient (Wildman–Crippen LogP) is 4.18. The molecule has 1 aliphatic heterocycles. The molecule has 2 bridgehead atoms. The molecule has 2 aliphatic carbocycles. The molecule has 3 fully saturated rings. The summed E-state index contributed by atoms with van der Waals surface area (Å²) in [5.74, 6) is 0.455. The monoisotopic (exact) mass is 468 g/mol. The first kappa shape index (κ1) is 20.4. The topological polar surface area (TPSA) is 66.5 Å². The fourth-order valence-electron chi connectivity index (χ4n) is 5.79. The van der Waals surface area contributed by atoms with Crippen molar-refractivity contribution in [2.75, 3.05) is 13.1 Å². The zero-order valence-electron chi connectivity index (χ0n) is 16.8. The van der Waals surface area contributed by atoms with E-state index in [2.05, 4.69) is 42.0 Å². The second-order valence-corrected chi connectivity index (χ2v) is 12.3. The third-order valence-electron chi connectivity index (χ3n) is 7.42. The van der Waals surface area contributed by atoms with Gasteiger partial charge in [-0.25, -0.2) is 8.42 Å². The number of amides is 1. The third-order valence-corrected chi connectivity index (χ3v) is 10.3. The highest BCUT2D eigenvalue weighted by Gasteiger charge is 2.59. The SMILES string of the molecule is CC12CC[C@H](C1)C(C)(C)C2NC(=O)c1ccc(Br)c(S(=O)(=O)N2CCCC2)c1. The summed E-state index contributed by atoms with van der Waals surface area (Å²) >= 11 is 3.37. The normalized spacial score (nSPS) is 32.0. The fourth-order valence-corrected chi connectivity index (χ4v) is 8.25. The standard InChI is InChI=1S/C21H29BrN2O3S/c1-20(2)15-8-9-21(3,13-15)19(20)23-18(25)14-6-7-16(22)17(12-14)28(26,27)24-10-4-5-11-24/h6-7,12,15,19H,4-5,8-11,13H2,1-3H3,(H,23,25)/t15-,19?,21?/m1/s1. The van der Waals surface area contributed by atoms with E-state index in [4.69, 9.17) is 0 Å². The number of rotatable bonds is 4. The van der Waals surface area contributed by atoms with Crippen molar-refractivity contribution in [3.8, 4) is 0 Å². The Bertz CT molecular complexity index is 903. The molecule has 4 rings (SSSR count). The summed E-state index contributed by atoms with van der Waals surface area (Å²) in [7, 11) is -3.59. The summed E-state index contributed by atoms with van der Waals surface area (Å²) in [5.41, 5.74) is 0.592. The number of hydrogen-bond donors (Lipinski definition) is 1. The predicted molar refractivity (Wildman–Crippen MR) is 113 cm³/mol. The Hall–Kier alpha value is -0.920. The zero-order valence-corrected chi connectivity index (χ0v) is 19.2. The van der Waals surface area contributed by atoms with Gasteiger partial charge in [0, 0.05) is 29.2 Å². The van der Waals surface area contributed by atoms with Crippen molar-refractivity contribution in [3.05, 3.63) is 28.2 Å². The van der Waals surface area contributed by atoms with Crippen molar-refractivity contribution in [3.63, 3.8) is 0 Å². The number of nitrogens with one attached hydrogen (secondary N) is 1. The van der Waals surface area contributed by atoms with Crippen molar-refractivity contribution in [2.45, 2.75) is 63.8 Å². The molecule has 154 valence electrons. The number of nitrogens with zero attached hydrogens (tertiary/aromatic N) is 1. The summed E-state index contributed by atoms with van der Waals surface area (Å²) in [6.07, 6.45) is 5.29. The second-order valence-electron chi connectivity index (χ2n) is 9.58. The van der Waals surface area contributed by atoms with Crippen LogP contribution in [0.3, 0.4) is 0 Å². The van der Waals surface area contributed by atoms with E-state index in [0.29, 0.717) is 29.0 Å². The van der Waals surface area contributed by atoms with Gasteiger partial charge < -0.3 is 5.32 Å². The highest BCUT2D eigenvalue weighted by molar-refractivity contribution is 9.10. The molecule has 1 N–H and O–H groups in total. The molecule has 1 amide bonds. The van der Waals surface area contributed by atoms with E-state index in [-0.39, 0.29) is 27.7 Å². The molecule has 2 saturated carbocycles. The number of carbonyl (C=O) groups excluding carboxylic acids is 1. The minimum Gasteiger partial charge on any atom is -0.348 e. The Morgan fingerprint density at radius 1 is 1.21 bits per heavy atom. The Kier molecular flexibility index (Phi) is 4.95. The van der Waals surface area contributed by atoms with Crippen molar-refractivity contribution in [2.24, 2.45) is 16.7 Å². The summed E-state index contributed by atoms with van der Waals surface area (Å²) in [6.45, 7) is 7.86. The van der Waals surface area contributed by atoms with Gasteiger partial charge in [-0.1, -0.05) is 20.8 Å². The largest absolute Gasteiger partial charge is 0.348 e. The summed E-state index contributed by atoms with van der Waals surface area (Å²) < 4.78 is 28.0. The number of benzene rings is 1. The van der Waals surface area contributed by atoms with Crippen LogP contribution in [-0.2, 0) is 10.0 Å². The molecular weight excluding hydrogens is 440 g/mol. The first-order valence-corrected chi connectivity index (χ1v) is 12.4. The Balaban J connectivity index is 1.61.